The minimum absolute atomic E-state index is 0.0633. The van der Waals surface area contributed by atoms with Crippen molar-refractivity contribution in [1.82, 2.24) is 4.98 Å². The van der Waals surface area contributed by atoms with Gasteiger partial charge in [-0.1, -0.05) is 27.5 Å². The molecule has 1 aromatic carbocycles. The van der Waals surface area contributed by atoms with Crippen LogP contribution in [-0.2, 0) is 0 Å². The van der Waals surface area contributed by atoms with Crippen LogP contribution >= 0.6 is 27.5 Å². The molecule has 8 heteroatoms. The van der Waals surface area contributed by atoms with Crippen molar-refractivity contribution in [1.29, 1.82) is 0 Å². The summed E-state index contributed by atoms with van der Waals surface area (Å²) in [6.07, 6.45) is 0. The molecule has 1 amide bonds. The number of nitrogen functional groups attached to an aromatic ring is 1. The number of nitrogens with zero attached hydrogens (tertiary/aromatic N) is 1. The molecule has 0 fully saturated rings. The Morgan fingerprint density at radius 3 is 2.75 bits per heavy atom. The van der Waals surface area contributed by atoms with Crippen molar-refractivity contribution in [2.75, 3.05) is 10.7 Å². The van der Waals surface area contributed by atoms with Crippen LogP contribution in [-0.4, -0.2) is 10.9 Å². The molecule has 0 aliphatic rings. The highest BCUT2D eigenvalue weighted by molar-refractivity contribution is 9.10. The molecule has 0 bridgehead atoms. The van der Waals surface area contributed by atoms with Crippen LogP contribution in [0.25, 0.3) is 0 Å². The molecule has 0 spiro atoms. The normalized spacial score (nSPS) is 10.2. The monoisotopic (exact) mass is 358 g/mol. The van der Waals surface area contributed by atoms with E-state index in [-0.39, 0.29) is 22.2 Å². The number of rotatable bonds is 3. The number of benzene rings is 1. The van der Waals surface area contributed by atoms with Gasteiger partial charge in [0.1, 0.15) is 16.8 Å². The van der Waals surface area contributed by atoms with E-state index in [2.05, 4.69) is 31.7 Å². The SMILES string of the molecule is NNc1cc(C(=O)Nc2ccc(Br)cc2F)cc(Cl)n1. The van der Waals surface area contributed by atoms with Gasteiger partial charge in [0.2, 0.25) is 0 Å². The van der Waals surface area contributed by atoms with Crippen LogP contribution in [0.2, 0.25) is 5.15 Å². The van der Waals surface area contributed by atoms with Gasteiger partial charge >= 0.3 is 0 Å². The first-order valence-corrected chi connectivity index (χ1v) is 6.57. The fourth-order valence-corrected chi connectivity index (χ4v) is 2.03. The predicted molar refractivity (Wildman–Crippen MR) is 79.1 cm³/mol. The molecule has 0 radical (unpaired) electrons. The van der Waals surface area contributed by atoms with Crippen LogP contribution in [0.4, 0.5) is 15.9 Å². The van der Waals surface area contributed by atoms with Crippen LogP contribution in [0.15, 0.2) is 34.8 Å². The second kappa shape index (κ2) is 6.17. The standard InChI is InChI=1S/C12H9BrClFN4O/c13-7-1-2-9(8(15)5-7)17-12(20)6-3-10(14)18-11(4-6)19-16/h1-5H,16H2,(H,17,20)(H,18,19). The molecule has 2 aromatic rings. The minimum Gasteiger partial charge on any atom is -0.319 e. The van der Waals surface area contributed by atoms with Crippen molar-refractivity contribution >= 4 is 44.9 Å². The molecule has 2 rings (SSSR count). The Bertz CT molecular complexity index is 668. The van der Waals surface area contributed by atoms with Crippen molar-refractivity contribution in [3.05, 3.63) is 51.3 Å². The number of nitrogens with two attached hydrogens (primary N) is 1. The molecule has 0 aliphatic carbocycles. The number of halogens is 3. The Hall–Kier alpha value is -1.70. The molecule has 0 atom stereocenters. The van der Waals surface area contributed by atoms with Gasteiger partial charge in [0.25, 0.3) is 5.91 Å². The van der Waals surface area contributed by atoms with E-state index in [0.717, 1.165) is 0 Å². The van der Waals surface area contributed by atoms with E-state index in [0.29, 0.717) is 4.47 Å². The lowest BCUT2D eigenvalue weighted by Crippen LogP contribution is -2.15. The number of carbonyl (C=O) groups is 1. The quantitative estimate of drug-likeness (QED) is 0.447. The second-order valence-electron chi connectivity index (χ2n) is 3.79. The summed E-state index contributed by atoms with van der Waals surface area (Å²) in [6.45, 7) is 0. The van der Waals surface area contributed by atoms with Gasteiger partial charge in [0.15, 0.2) is 0 Å². The van der Waals surface area contributed by atoms with E-state index in [9.17, 15) is 9.18 Å². The van der Waals surface area contributed by atoms with E-state index in [1.165, 1.54) is 24.3 Å². The fourth-order valence-electron chi connectivity index (χ4n) is 1.49. The first-order chi connectivity index (χ1) is 9.49. The highest BCUT2D eigenvalue weighted by Gasteiger charge is 2.12. The Balaban J connectivity index is 2.26. The number of anilines is 2. The molecular weight excluding hydrogens is 351 g/mol. The van der Waals surface area contributed by atoms with Gasteiger partial charge in [-0.3, -0.25) is 4.79 Å². The maximum atomic E-state index is 13.6. The molecule has 1 aromatic heterocycles. The summed E-state index contributed by atoms with van der Waals surface area (Å²) in [7, 11) is 0. The lowest BCUT2D eigenvalue weighted by atomic mass is 10.2. The van der Waals surface area contributed by atoms with Gasteiger partial charge in [-0.25, -0.2) is 15.2 Å². The predicted octanol–water partition coefficient (Wildman–Crippen LogP) is 3.17. The first kappa shape index (κ1) is 14.7. The van der Waals surface area contributed by atoms with Gasteiger partial charge in [-0.15, -0.1) is 0 Å². The van der Waals surface area contributed by atoms with E-state index >= 15 is 0 Å². The molecule has 0 unspecified atom stereocenters. The summed E-state index contributed by atoms with van der Waals surface area (Å²) < 4.78 is 14.2. The maximum Gasteiger partial charge on any atom is 0.255 e. The molecule has 0 saturated heterocycles. The van der Waals surface area contributed by atoms with Crippen LogP contribution in [0.5, 0.6) is 0 Å². The third-order valence-electron chi connectivity index (χ3n) is 2.38. The van der Waals surface area contributed by atoms with Gasteiger partial charge in [0.05, 0.1) is 5.69 Å². The lowest BCUT2D eigenvalue weighted by Gasteiger charge is -2.08. The largest absolute Gasteiger partial charge is 0.319 e. The fraction of sp³-hybridized carbons (Fsp3) is 0. The van der Waals surface area contributed by atoms with Crippen molar-refractivity contribution in [2.24, 2.45) is 5.84 Å². The number of hydrogen-bond acceptors (Lipinski definition) is 4. The molecule has 5 nitrogen and oxygen atoms in total. The van der Waals surface area contributed by atoms with Crippen molar-refractivity contribution in [3.8, 4) is 0 Å². The summed E-state index contributed by atoms with van der Waals surface area (Å²) >= 11 is 8.90. The van der Waals surface area contributed by atoms with Crippen molar-refractivity contribution < 1.29 is 9.18 Å². The molecule has 0 aliphatic heterocycles. The molecule has 1 heterocycles. The second-order valence-corrected chi connectivity index (χ2v) is 5.09. The number of nitrogens with one attached hydrogen (secondary N) is 2. The number of amides is 1. The van der Waals surface area contributed by atoms with Crippen molar-refractivity contribution in [3.63, 3.8) is 0 Å². The third-order valence-corrected chi connectivity index (χ3v) is 3.07. The smallest absolute Gasteiger partial charge is 0.255 e. The van der Waals surface area contributed by atoms with Gasteiger partial charge < -0.3 is 10.7 Å². The number of hydrazine groups is 1. The number of hydrogen-bond donors (Lipinski definition) is 3. The minimum atomic E-state index is -0.551. The Morgan fingerprint density at radius 1 is 1.35 bits per heavy atom. The Labute approximate surface area is 127 Å². The Kier molecular flexibility index (Phi) is 4.53. The average Bonchev–Trinajstić information content (AvgIpc) is 2.41. The first-order valence-electron chi connectivity index (χ1n) is 5.40. The zero-order chi connectivity index (χ0) is 14.7. The summed E-state index contributed by atoms with van der Waals surface area (Å²) in [6, 6.07) is 7.07. The topological polar surface area (TPSA) is 80.0 Å². The lowest BCUT2D eigenvalue weighted by molar-refractivity contribution is 0.102. The zero-order valence-corrected chi connectivity index (χ0v) is 12.3. The molecular formula is C12H9BrClFN4O. The van der Waals surface area contributed by atoms with Crippen molar-refractivity contribution in [2.45, 2.75) is 0 Å². The summed E-state index contributed by atoms with van der Waals surface area (Å²) in [5.74, 6) is 4.38. The average molecular weight is 360 g/mol. The van der Waals surface area contributed by atoms with E-state index in [4.69, 9.17) is 17.4 Å². The summed E-state index contributed by atoms with van der Waals surface area (Å²) in [4.78, 5) is 15.9. The maximum absolute atomic E-state index is 13.6. The number of carbonyl (C=O) groups excluding carboxylic acids is 1. The van der Waals surface area contributed by atoms with Crippen LogP contribution in [0.1, 0.15) is 10.4 Å². The molecule has 104 valence electrons. The summed E-state index contributed by atoms with van der Waals surface area (Å²) in [5, 5.41) is 2.54. The van der Waals surface area contributed by atoms with Gasteiger partial charge in [-0.2, -0.15) is 0 Å². The van der Waals surface area contributed by atoms with E-state index in [1.807, 2.05) is 0 Å². The van der Waals surface area contributed by atoms with Crippen LogP contribution in [0.3, 0.4) is 0 Å². The highest BCUT2D eigenvalue weighted by Crippen LogP contribution is 2.21. The number of pyridine rings is 1. The van der Waals surface area contributed by atoms with E-state index < -0.39 is 11.7 Å². The number of aromatic nitrogens is 1. The summed E-state index contributed by atoms with van der Waals surface area (Å²) in [5.41, 5.74) is 2.56. The highest BCUT2D eigenvalue weighted by atomic mass is 79.9. The third kappa shape index (κ3) is 3.44. The molecule has 0 saturated carbocycles. The molecule has 20 heavy (non-hydrogen) atoms. The van der Waals surface area contributed by atoms with Crippen LogP contribution < -0.4 is 16.6 Å². The van der Waals surface area contributed by atoms with Gasteiger partial charge in [0, 0.05) is 10.0 Å². The molecule has 4 N–H and O–H groups in total. The van der Waals surface area contributed by atoms with Crippen LogP contribution in [0, 0.1) is 5.82 Å². The zero-order valence-electron chi connectivity index (χ0n) is 9.95. The van der Waals surface area contributed by atoms with E-state index in [1.54, 1.807) is 6.07 Å². The van der Waals surface area contributed by atoms with Gasteiger partial charge in [-0.05, 0) is 30.3 Å². The Morgan fingerprint density at radius 2 is 2.10 bits per heavy atom.